The molecule has 0 atom stereocenters. The Morgan fingerprint density at radius 1 is 1.55 bits per heavy atom. The van der Waals surface area contributed by atoms with Gasteiger partial charge in [-0.3, -0.25) is 0 Å². The Morgan fingerprint density at radius 3 is 3.09 bits per heavy atom. The molecule has 56 valence electrons. The molecule has 0 fully saturated rings. The van der Waals surface area contributed by atoms with Crippen LogP contribution in [-0.4, -0.2) is 10.2 Å². The van der Waals surface area contributed by atoms with E-state index in [9.17, 15) is 0 Å². The van der Waals surface area contributed by atoms with E-state index < -0.39 is 0 Å². The molecule has 5 heteroatoms. The van der Waals surface area contributed by atoms with E-state index in [1.54, 1.807) is 17.5 Å². The van der Waals surface area contributed by atoms with Crippen molar-refractivity contribution in [2.24, 2.45) is 0 Å². The first-order chi connectivity index (χ1) is 5.29. The Bertz CT molecular complexity index is 400. The zero-order valence-electron chi connectivity index (χ0n) is 5.21. The maximum Gasteiger partial charge on any atom is 0.119 e. The number of aromatic nitrogens is 2. The molecule has 2 heterocycles. The normalized spacial score (nSPS) is 10.7. The minimum Gasteiger partial charge on any atom is -0.157 e. The van der Waals surface area contributed by atoms with Gasteiger partial charge in [0.15, 0.2) is 0 Å². The van der Waals surface area contributed by atoms with Gasteiger partial charge >= 0.3 is 0 Å². The molecule has 0 N–H and O–H groups in total. The lowest BCUT2D eigenvalue weighted by atomic mass is 10.4. The SMILES string of the molecule is Clc1cnnc2c(Br)csc12. The van der Waals surface area contributed by atoms with E-state index >= 15 is 0 Å². The highest BCUT2D eigenvalue weighted by atomic mass is 79.9. The van der Waals surface area contributed by atoms with Crippen LogP contribution in [0.4, 0.5) is 0 Å². The van der Waals surface area contributed by atoms with Crippen molar-refractivity contribution in [2.75, 3.05) is 0 Å². The lowest BCUT2D eigenvalue weighted by Crippen LogP contribution is -1.78. The zero-order valence-corrected chi connectivity index (χ0v) is 8.37. The van der Waals surface area contributed by atoms with Gasteiger partial charge < -0.3 is 0 Å². The fourth-order valence-electron chi connectivity index (χ4n) is 0.789. The third-order valence-electron chi connectivity index (χ3n) is 1.27. The number of thiophene rings is 1. The highest BCUT2D eigenvalue weighted by molar-refractivity contribution is 9.10. The Hall–Kier alpha value is -0.190. The van der Waals surface area contributed by atoms with E-state index in [1.807, 2.05) is 5.38 Å². The van der Waals surface area contributed by atoms with Crippen LogP contribution in [0.1, 0.15) is 0 Å². The third kappa shape index (κ3) is 1.15. The van der Waals surface area contributed by atoms with Crippen molar-refractivity contribution < 1.29 is 0 Å². The van der Waals surface area contributed by atoms with E-state index in [2.05, 4.69) is 26.1 Å². The van der Waals surface area contributed by atoms with Crippen LogP contribution in [-0.2, 0) is 0 Å². The number of halogens is 2. The Morgan fingerprint density at radius 2 is 2.36 bits per heavy atom. The van der Waals surface area contributed by atoms with E-state index in [0.29, 0.717) is 5.02 Å². The fraction of sp³-hybridized carbons (Fsp3) is 0. The van der Waals surface area contributed by atoms with Crippen molar-refractivity contribution in [3.8, 4) is 0 Å². The molecule has 0 bridgehead atoms. The second-order valence-electron chi connectivity index (χ2n) is 1.95. The van der Waals surface area contributed by atoms with Crippen molar-refractivity contribution in [1.29, 1.82) is 0 Å². The molecule has 0 saturated heterocycles. The van der Waals surface area contributed by atoms with Crippen molar-refractivity contribution >= 4 is 49.1 Å². The standard InChI is InChI=1S/C6H2BrClN2S/c7-3-2-11-6-4(8)1-9-10-5(3)6/h1-2H. The molecule has 0 radical (unpaired) electrons. The summed E-state index contributed by atoms with van der Waals surface area (Å²) < 4.78 is 1.93. The lowest BCUT2D eigenvalue weighted by Gasteiger charge is -1.88. The van der Waals surface area contributed by atoms with Crippen LogP contribution >= 0.6 is 38.9 Å². The van der Waals surface area contributed by atoms with Gasteiger partial charge in [-0.1, -0.05) is 11.6 Å². The molecule has 0 saturated carbocycles. The number of rotatable bonds is 0. The van der Waals surface area contributed by atoms with Crippen LogP contribution in [0.5, 0.6) is 0 Å². The molecular formula is C6H2BrClN2S. The first-order valence-corrected chi connectivity index (χ1v) is 4.88. The van der Waals surface area contributed by atoms with E-state index in [-0.39, 0.29) is 0 Å². The molecule has 0 aromatic carbocycles. The van der Waals surface area contributed by atoms with Crippen molar-refractivity contribution in [2.45, 2.75) is 0 Å². The number of hydrogen-bond donors (Lipinski definition) is 0. The van der Waals surface area contributed by atoms with Crippen LogP contribution in [0.3, 0.4) is 0 Å². The molecule has 0 aliphatic rings. The summed E-state index contributed by atoms with van der Waals surface area (Å²) in [6.07, 6.45) is 1.55. The van der Waals surface area contributed by atoms with Crippen molar-refractivity contribution in [3.05, 3.63) is 21.1 Å². The molecule has 2 aromatic rings. The van der Waals surface area contributed by atoms with Gasteiger partial charge in [0.1, 0.15) is 5.52 Å². The second-order valence-corrected chi connectivity index (χ2v) is 4.10. The summed E-state index contributed by atoms with van der Waals surface area (Å²) in [5, 5.41) is 10.3. The summed E-state index contributed by atoms with van der Waals surface area (Å²) in [7, 11) is 0. The maximum atomic E-state index is 5.86. The Labute approximate surface area is 80.3 Å². The summed E-state index contributed by atoms with van der Waals surface area (Å²) in [6, 6.07) is 0. The molecule has 2 nitrogen and oxygen atoms in total. The molecule has 0 amide bonds. The zero-order chi connectivity index (χ0) is 7.84. The fourth-order valence-corrected chi connectivity index (χ4v) is 2.51. The minimum atomic E-state index is 0.658. The Kier molecular flexibility index (Phi) is 1.83. The highest BCUT2D eigenvalue weighted by Crippen LogP contribution is 2.32. The van der Waals surface area contributed by atoms with Gasteiger partial charge in [0.2, 0.25) is 0 Å². The number of nitrogens with zero attached hydrogens (tertiary/aromatic N) is 2. The Balaban J connectivity index is 2.94. The average molecular weight is 250 g/mol. The molecule has 0 aliphatic carbocycles. The van der Waals surface area contributed by atoms with Gasteiger partial charge in [0, 0.05) is 5.38 Å². The van der Waals surface area contributed by atoms with Gasteiger partial charge in [-0.25, -0.2) is 0 Å². The molecule has 11 heavy (non-hydrogen) atoms. The van der Waals surface area contributed by atoms with Gasteiger partial charge in [-0.05, 0) is 15.9 Å². The topological polar surface area (TPSA) is 25.8 Å². The van der Waals surface area contributed by atoms with Crippen LogP contribution in [0.2, 0.25) is 5.02 Å². The molecule has 2 aromatic heterocycles. The van der Waals surface area contributed by atoms with Gasteiger partial charge in [-0.15, -0.1) is 16.4 Å². The summed E-state index contributed by atoms with van der Waals surface area (Å²) in [4.78, 5) is 0. The van der Waals surface area contributed by atoms with Crippen LogP contribution in [0, 0.1) is 0 Å². The number of hydrogen-bond acceptors (Lipinski definition) is 3. The summed E-state index contributed by atoms with van der Waals surface area (Å²) in [5.41, 5.74) is 0.836. The lowest BCUT2D eigenvalue weighted by molar-refractivity contribution is 1.08. The van der Waals surface area contributed by atoms with Crippen LogP contribution in [0.25, 0.3) is 10.2 Å². The predicted octanol–water partition coefficient (Wildman–Crippen LogP) is 3.11. The minimum absolute atomic E-state index is 0.658. The quantitative estimate of drug-likeness (QED) is 0.717. The van der Waals surface area contributed by atoms with Crippen LogP contribution in [0.15, 0.2) is 16.0 Å². The third-order valence-corrected chi connectivity index (χ3v) is 3.58. The number of fused-ring (bicyclic) bond motifs is 1. The van der Waals surface area contributed by atoms with Gasteiger partial charge in [-0.2, -0.15) is 5.10 Å². The summed E-state index contributed by atoms with van der Waals surface area (Å²) >= 11 is 10.8. The monoisotopic (exact) mass is 248 g/mol. The first kappa shape index (κ1) is 7.46. The highest BCUT2D eigenvalue weighted by Gasteiger charge is 2.05. The van der Waals surface area contributed by atoms with Gasteiger partial charge in [0.05, 0.1) is 20.4 Å². The molecule has 0 spiro atoms. The molecule has 0 unspecified atom stereocenters. The summed E-state index contributed by atoms with van der Waals surface area (Å²) in [6.45, 7) is 0. The second kappa shape index (κ2) is 2.69. The predicted molar refractivity (Wildman–Crippen MR) is 50.1 cm³/mol. The van der Waals surface area contributed by atoms with Crippen LogP contribution < -0.4 is 0 Å². The van der Waals surface area contributed by atoms with Crippen molar-refractivity contribution in [1.82, 2.24) is 10.2 Å². The van der Waals surface area contributed by atoms with E-state index in [1.165, 1.54) is 0 Å². The maximum absolute atomic E-state index is 5.86. The largest absolute Gasteiger partial charge is 0.157 e. The van der Waals surface area contributed by atoms with E-state index in [0.717, 1.165) is 14.7 Å². The smallest absolute Gasteiger partial charge is 0.119 e. The van der Waals surface area contributed by atoms with Crippen molar-refractivity contribution in [3.63, 3.8) is 0 Å². The average Bonchev–Trinajstić information content (AvgIpc) is 2.35. The molecule has 2 rings (SSSR count). The molecule has 0 aliphatic heterocycles. The van der Waals surface area contributed by atoms with Gasteiger partial charge in [0.25, 0.3) is 0 Å². The van der Waals surface area contributed by atoms with E-state index in [4.69, 9.17) is 11.6 Å². The first-order valence-electron chi connectivity index (χ1n) is 2.83. The summed E-state index contributed by atoms with van der Waals surface area (Å²) in [5.74, 6) is 0. The molecular weight excluding hydrogens is 248 g/mol.